The number of carbonyl (C=O) groups is 1. The summed E-state index contributed by atoms with van der Waals surface area (Å²) >= 11 is 0. The minimum absolute atomic E-state index is 0.0534. The Bertz CT molecular complexity index is 918. The van der Waals surface area contributed by atoms with Gasteiger partial charge in [-0.3, -0.25) is 4.79 Å². The maximum atomic E-state index is 12.1. The van der Waals surface area contributed by atoms with Crippen molar-refractivity contribution in [3.8, 4) is 16.9 Å². The summed E-state index contributed by atoms with van der Waals surface area (Å²) in [4.78, 5) is 12.1. The van der Waals surface area contributed by atoms with Gasteiger partial charge < -0.3 is 9.47 Å². The predicted octanol–water partition coefficient (Wildman–Crippen LogP) is 12.8. The van der Waals surface area contributed by atoms with Gasteiger partial charge in [-0.2, -0.15) is 0 Å². The van der Waals surface area contributed by atoms with E-state index in [9.17, 15) is 4.79 Å². The predicted molar refractivity (Wildman–Crippen MR) is 190 cm³/mol. The highest BCUT2D eigenvalue weighted by molar-refractivity contribution is 5.69. The fourth-order valence-corrected chi connectivity index (χ4v) is 5.85. The molecule has 0 aliphatic heterocycles. The Morgan fingerprint density at radius 1 is 0.477 bits per heavy atom. The van der Waals surface area contributed by atoms with E-state index >= 15 is 0 Å². The molecule has 0 aliphatic rings. The molecule has 0 amide bonds. The molecule has 0 heterocycles. The molecule has 248 valence electrons. The third-order valence-corrected chi connectivity index (χ3v) is 8.80. The molecule has 0 bridgehead atoms. The lowest BCUT2D eigenvalue weighted by Crippen LogP contribution is -2.07. The van der Waals surface area contributed by atoms with E-state index in [0.717, 1.165) is 38.0 Å². The maximum Gasteiger partial charge on any atom is 0.305 e. The van der Waals surface area contributed by atoms with Crippen LogP contribution in [0.1, 0.15) is 167 Å². The van der Waals surface area contributed by atoms with E-state index in [1.807, 2.05) is 0 Å². The molecule has 0 radical (unpaired) electrons. The number of rotatable bonds is 29. The van der Waals surface area contributed by atoms with Crippen molar-refractivity contribution >= 4 is 5.97 Å². The van der Waals surface area contributed by atoms with Crippen molar-refractivity contribution in [2.45, 2.75) is 168 Å². The second kappa shape index (κ2) is 27.1. The largest absolute Gasteiger partial charge is 0.494 e. The Hall–Kier alpha value is -2.29. The normalized spacial score (nSPS) is 11.1. The van der Waals surface area contributed by atoms with E-state index in [1.165, 1.54) is 139 Å². The van der Waals surface area contributed by atoms with Crippen molar-refractivity contribution in [2.24, 2.45) is 0 Å². The average Bonchev–Trinajstić information content (AvgIpc) is 3.05. The Morgan fingerprint density at radius 2 is 0.886 bits per heavy atom. The monoisotopic (exact) mass is 607 g/mol. The van der Waals surface area contributed by atoms with Gasteiger partial charge in [-0.05, 0) is 41.7 Å². The number of benzene rings is 2. The number of hydrogen-bond donors (Lipinski definition) is 0. The van der Waals surface area contributed by atoms with Gasteiger partial charge >= 0.3 is 5.97 Å². The summed E-state index contributed by atoms with van der Waals surface area (Å²) in [6.45, 7) is 5.81. The smallest absolute Gasteiger partial charge is 0.305 e. The van der Waals surface area contributed by atoms with Gasteiger partial charge in [0.15, 0.2) is 0 Å². The van der Waals surface area contributed by atoms with Gasteiger partial charge in [-0.1, -0.05) is 179 Å². The third kappa shape index (κ3) is 19.9. The molecule has 3 nitrogen and oxygen atoms in total. The number of carbonyl (C=O) groups excluding carboxylic acids is 1. The first-order valence-corrected chi connectivity index (χ1v) is 18.7. The van der Waals surface area contributed by atoms with Gasteiger partial charge in [0.25, 0.3) is 0 Å². The van der Waals surface area contributed by atoms with Crippen molar-refractivity contribution < 1.29 is 14.3 Å². The summed E-state index contributed by atoms with van der Waals surface area (Å²) in [5.41, 5.74) is 3.58. The van der Waals surface area contributed by atoms with Gasteiger partial charge in [0, 0.05) is 12.8 Å². The molecule has 0 spiro atoms. The second-order valence-corrected chi connectivity index (χ2v) is 12.9. The maximum absolute atomic E-state index is 12.1. The molecule has 0 fully saturated rings. The SMILES string of the molecule is CCCCCCCCCCCCCCOc1ccc(-c2ccc(CCOC(=O)CCCCCCCCCCCC)cc2)cc1. The van der Waals surface area contributed by atoms with Crippen LogP contribution in [-0.2, 0) is 16.0 Å². The first-order valence-electron chi connectivity index (χ1n) is 18.7. The van der Waals surface area contributed by atoms with Crippen LogP contribution in [0.15, 0.2) is 48.5 Å². The Labute approximate surface area is 271 Å². The zero-order chi connectivity index (χ0) is 31.3. The molecule has 0 atom stereocenters. The van der Waals surface area contributed by atoms with E-state index < -0.39 is 0 Å². The molecular weight excluding hydrogens is 540 g/mol. The highest BCUT2D eigenvalue weighted by Crippen LogP contribution is 2.23. The lowest BCUT2D eigenvalue weighted by atomic mass is 10.0. The fraction of sp³-hybridized carbons (Fsp3) is 0.683. The van der Waals surface area contributed by atoms with Crippen LogP contribution in [0.2, 0.25) is 0 Å². The molecule has 0 unspecified atom stereocenters. The van der Waals surface area contributed by atoms with Crippen LogP contribution in [0, 0.1) is 0 Å². The van der Waals surface area contributed by atoms with E-state index in [1.54, 1.807) is 0 Å². The molecule has 0 aliphatic carbocycles. The van der Waals surface area contributed by atoms with E-state index in [2.05, 4.69) is 62.4 Å². The van der Waals surface area contributed by atoms with Crippen molar-refractivity contribution in [2.75, 3.05) is 13.2 Å². The Balaban J connectivity index is 1.48. The van der Waals surface area contributed by atoms with Crippen LogP contribution in [-0.4, -0.2) is 19.2 Å². The molecule has 0 N–H and O–H groups in total. The minimum atomic E-state index is -0.0534. The van der Waals surface area contributed by atoms with Crippen molar-refractivity contribution in [1.29, 1.82) is 0 Å². The van der Waals surface area contributed by atoms with Crippen LogP contribution >= 0.6 is 0 Å². The molecule has 0 saturated heterocycles. The van der Waals surface area contributed by atoms with Gasteiger partial charge in [-0.15, -0.1) is 0 Å². The molecule has 44 heavy (non-hydrogen) atoms. The molecule has 2 aromatic rings. The van der Waals surface area contributed by atoms with Crippen LogP contribution in [0.25, 0.3) is 11.1 Å². The number of esters is 1. The Morgan fingerprint density at radius 3 is 1.36 bits per heavy atom. The summed E-state index contributed by atoms with van der Waals surface area (Å²) in [5.74, 6) is 0.898. The first-order chi connectivity index (χ1) is 21.7. The van der Waals surface area contributed by atoms with E-state index in [-0.39, 0.29) is 5.97 Å². The zero-order valence-corrected chi connectivity index (χ0v) is 28.7. The van der Waals surface area contributed by atoms with Crippen LogP contribution in [0.3, 0.4) is 0 Å². The molecule has 0 aromatic heterocycles. The lowest BCUT2D eigenvalue weighted by Gasteiger charge is -2.09. The zero-order valence-electron chi connectivity index (χ0n) is 28.7. The summed E-state index contributed by atoms with van der Waals surface area (Å²) in [5, 5.41) is 0. The Kier molecular flexibility index (Phi) is 23.3. The standard InChI is InChI=1S/C41H66O3/c1-3-5-7-9-11-13-15-16-18-20-22-24-35-43-40-32-30-39(31-33-40)38-28-26-37(27-29-38)34-36-44-41(42)25-23-21-19-17-14-12-10-8-6-4-2/h26-33H,3-25,34-36H2,1-2H3. The number of unbranched alkanes of at least 4 members (excludes halogenated alkanes) is 20. The van der Waals surface area contributed by atoms with Crippen molar-refractivity contribution in [1.82, 2.24) is 0 Å². The molecule has 3 heteroatoms. The average molecular weight is 607 g/mol. The molecular formula is C41H66O3. The van der Waals surface area contributed by atoms with Crippen LogP contribution in [0.4, 0.5) is 0 Å². The van der Waals surface area contributed by atoms with E-state index in [0.29, 0.717) is 13.0 Å². The summed E-state index contributed by atoms with van der Waals surface area (Å²) < 4.78 is 11.5. The van der Waals surface area contributed by atoms with E-state index in [4.69, 9.17) is 9.47 Å². The minimum Gasteiger partial charge on any atom is -0.494 e. The number of hydrogen-bond acceptors (Lipinski definition) is 3. The van der Waals surface area contributed by atoms with Crippen molar-refractivity contribution in [3.05, 3.63) is 54.1 Å². The fourth-order valence-electron chi connectivity index (χ4n) is 5.85. The summed E-state index contributed by atoms with van der Waals surface area (Å²) in [7, 11) is 0. The summed E-state index contributed by atoms with van der Waals surface area (Å²) in [6, 6.07) is 17.0. The van der Waals surface area contributed by atoms with Gasteiger partial charge in [0.2, 0.25) is 0 Å². The summed E-state index contributed by atoms with van der Waals surface area (Å²) in [6.07, 6.45) is 30.4. The van der Waals surface area contributed by atoms with Crippen molar-refractivity contribution in [3.63, 3.8) is 0 Å². The van der Waals surface area contributed by atoms with Gasteiger partial charge in [-0.25, -0.2) is 0 Å². The molecule has 0 saturated carbocycles. The van der Waals surface area contributed by atoms with Crippen LogP contribution in [0.5, 0.6) is 5.75 Å². The molecule has 2 rings (SSSR count). The van der Waals surface area contributed by atoms with Gasteiger partial charge in [0.05, 0.1) is 13.2 Å². The first kappa shape index (κ1) is 37.9. The number of ether oxygens (including phenoxy) is 2. The third-order valence-electron chi connectivity index (χ3n) is 8.80. The van der Waals surface area contributed by atoms with Crippen LogP contribution < -0.4 is 4.74 Å². The second-order valence-electron chi connectivity index (χ2n) is 12.9. The highest BCUT2D eigenvalue weighted by atomic mass is 16.5. The topological polar surface area (TPSA) is 35.5 Å². The highest BCUT2D eigenvalue weighted by Gasteiger charge is 2.05. The molecule has 2 aromatic carbocycles. The van der Waals surface area contributed by atoms with Gasteiger partial charge in [0.1, 0.15) is 5.75 Å². The quantitative estimate of drug-likeness (QED) is 0.0682. The lowest BCUT2D eigenvalue weighted by molar-refractivity contribution is -0.143.